The average Bonchev–Trinajstić information content (AvgIpc) is 2.23. The zero-order valence-corrected chi connectivity index (χ0v) is 9.13. The molecule has 1 aromatic rings. The molecule has 72 valence electrons. The Morgan fingerprint density at radius 2 is 2.00 bits per heavy atom. The molecule has 0 aliphatic heterocycles. The molecule has 14 heavy (non-hydrogen) atoms. The highest BCUT2D eigenvalue weighted by Gasteiger charge is 2.04. The fraction of sp³-hybridized carbons (Fsp3) is 0.231. The van der Waals surface area contributed by atoms with E-state index in [-0.39, 0.29) is 0 Å². The lowest BCUT2D eigenvalue weighted by molar-refractivity contribution is 0.735. The molecular formula is C13H14S. The van der Waals surface area contributed by atoms with Crippen molar-refractivity contribution in [3.63, 3.8) is 0 Å². The van der Waals surface area contributed by atoms with Gasteiger partial charge in [-0.2, -0.15) is 0 Å². The number of hydrogen-bond acceptors (Lipinski definition) is 1. The molecule has 0 saturated carbocycles. The fourth-order valence-corrected chi connectivity index (χ4v) is 2.30. The quantitative estimate of drug-likeness (QED) is 0.690. The Morgan fingerprint density at radius 1 is 1.21 bits per heavy atom. The molecule has 0 N–H and O–H groups in total. The largest absolute Gasteiger partial charge is 0.0905 e. The number of benzene rings is 1. The standard InChI is InChI=1S/C13H14S/c1-11-7-9-13(10-8-11)14-12-5-3-2-4-6-12/h2-7,9-11H,8H2,1H3/t11-/m0/s1. The summed E-state index contributed by atoms with van der Waals surface area (Å²) in [7, 11) is 0. The van der Waals surface area contributed by atoms with E-state index in [1.165, 1.54) is 16.2 Å². The Bertz CT molecular complexity index is 349. The molecule has 0 amide bonds. The molecule has 1 aliphatic rings. The fourth-order valence-electron chi connectivity index (χ4n) is 1.41. The van der Waals surface area contributed by atoms with Crippen LogP contribution in [0.3, 0.4) is 0 Å². The summed E-state index contributed by atoms with van der Waals surface area (Å²) in [6.07, 6.45) is 8.01. The van der Waals surface area contributed by atoms with Gasteiger partial charge in [0.1, 0.15) is 0 Å². The summed E-state index contributed by atoms with van der Waals surface area (Å²) >= 11 is 1.84. The van der Waals surface area contributed by atoms with E-state index in [2.05, 4.69) is 55.5 Å². The minimum Gasteiger partial charge on any atom is -0.0905 e. The topological polar surface area (TPSA) is 0 Å². The molecular weight excluding hydrogens is 188 g/mol. The Hall–Kier alpha value is -0.950. The van der Waals surface area contributed by atoms with Gasteiger partial charge >= 0.3 is 0 Å². The van der Waals surface area contributed by atoms with Crippen LogP contribution < -0.4 is 0 Å². The van der Waals surface area contributed by atoms with Gasteiger partial charge in [-0.05, 0) is 24.5 Å². The van der Waals surface area contributed by atoms with Crippen molar-refractivity contribution in [1.29, 1.82) is 0 Å². The molecule has 2 rings (SSSR count). The van der Waals surface area contributed by atoms with E-state index < -0.39 is 0 Å². The Labute approximate surface area is 89.7 Å². The van der Waals surface area contributed by atoms with Gasteiger partial charge in [-0.15, -0.1) is 0 Å². The van der Waals surface area contributed by atoms with Crippen LogP contribution in [0.2, 0.25) is 0 Å². The Kier molecular flexibility index (Phi) is 3.10. The third-order valence-electron chi connectivity index (χ3n) is 2.26. The van der Waals surface area contributed by atoms with E-state index in [0.717, 1.165) is 0 Å². The van der Waals surface area contributed by atoms with Gasteiger partial charge < -0.3 is 0 Å². The molecule has 1 aromatic carbocycles. The summed E-state index contributed by atoms with van der Waals surface area (Å²) in [5.41, 5.74) is 0. The predicted molar refractivity (Wildman–Crippen MR) is 63.3 cm³/mol. The average molecular weight is 202 g/mol. The van der Waals surface area contributed by atoms with Crippen LogP contribution in [0.25, 0.3) is 0 Å². The van der Waals surface area contributed by atoms with Crippen molar-refractivity contribution in [2.24, 2.45) is 5.92 Å². The summed E-state index contributed by atoms with van der Waals surface area (Å²) in [5, 5.41) is 0. The van der Waals surface area contributed by atoms with Crippen LogP contribution in [0.4, 0.5) is 0 Å². The van der Waals surface area contributed by atoms with Crippen LogP contribution in [-0.2, 0) is 0 Å². The van der Waals surface area contributed by atoms with E-state index in [1.54, 1.807) is 0 Å². The van der Waals surface area contributed by atoms with Gasteiger partial charge in [0, 0.05) is 9.80 Å². The Balaban J connectivity index is 2.03. The lowest BCUT2D eigenvalue weighted by atomic mass is 10.0. The molecule has 1 heteroatoms. The zero-order chi connectivity index (χ0) is 9.80. The Morgan fingerprint density at radius 3 is 2.64 bits per heavy atom. The summed E-state index contributed by atoms with van der Waals surface area (Å²) in [4.78, 5) is 2.69. The predicted octanol–water partition coefficient (Wildman–Crippen LogP) is 4.26. The van der Waals surface area contributed by atoms with E-state index in [9.17, 15) is 0 Å². The molecule has 0 fully saturated rings. The number of thioether (sulfide) groups is 1. The second-order valence-electron chi connectivity index (χ2n) is 3.59. The lowest BCUT2D eigenvalue weighted by Gasteiger charge is -2.10. The van der Waals surface area contributed by atoms with Gasteiger partial charge in [0.25, 0.3) is 0 Å². The summed E-state index contributed by atoms with van der Waals surface area (Å²) in [5.74, 6) is 0.704. The summed E-state index contributed by atoms with van der Waals surface area (Å²) in [6.45, 7) is 2.25. The highest BCUT2D eigenvalue weighted by atomic mass is 32.2. The van der Waals surface area contributed by atoms with Crippen molar-refractivity contribution in [2.75, 3.05) is 0 Å². The van der Waals surface area contributed by atoms with Crippen LogP contribution in [0.15, 0.2) is 58.4 Å². The maximum Gasteiger partial charge on any atom is 0.0122 e. The molecule has 0 saturated heterocycles. The van der Waals surface area contributed by atoms with Crippen molar-refractivity contribution in [2.45, 2.75) is 18.2 Å². The zero-order valence-electron chi connectivity index (χ0n) is 8.31. The number of rotatable bonds is 2. The van der Waals surface area contributed by atoms with Gasteiger partial charge in [0.05, 0.1) is 0 Å². The molecule has 0 aromatic heterocycles. The van der Waals surface area contributed by atoms with Crippen molar-refractivity contribution in [3.8, 4) is 0 Å². The first kappa shape index (κ1) is 9.60. The third kappa shape index (κ3) is 2.52. The molecule has 0 nitrogen and oxygen atoms in total. The van der Waals surface area contributed by atoms with E-state index >= 15 is 0 Å². The van der Waals surface area contributed by atoms with Gasteiger partial charge in [0.15, 0.2) is 0 Å². The number of allylic oxidation sites excluding steroid dienone is 3. The van der Waals surface area contributed by atoms with E-state index in [4.69, 9.17) is 0 Å². The highest BCUT2D eigenvalue weighted by molar-refractivity contribution is 8.03. The molecule has 0 unspecified atom stereocenters. The van der Waals surface area contributed by atoms with Gasteiger partial charge in [0.2, 0.25) is 0 Å². The lowest BCUT2D eigenvalue weighted by Crippen LogP contribution is -1.92. The SMILES string of the molecule is C[C@H]1C=CC(Sc2ccccc2)=CC1. The van der Waals surface area contributed by atoms with Crippen molar-refractivity contribution >= 4 is 11.8 Å². The van der Waals surface area contributed by atoms with Crippen LogP contribution in [0, 0.1) is 5.92 Å². The smallest absolute Gasteiger partial charge is 0.0122 e. The van der Waals surface area contributed by atoms with Gasteiger partial charge in [-0.3, -0.25) is 0 Å². The van der Waals surface area contributed by atoms with Crippen molar-refractivity contribution < 1.29 is 0 Å². The monoisotopic (exact) mass is 202 g/mol. The van der Waals surface area contributed by atoms with Crippen LogP contribution in [0.5, 0.6) is 0 Å². The molecule has 0 spiro atoms. The highest BCUT2D eigenvalue weighted by Crippen LogP contribution is 2.30. The first-order valence-corrected chi connectivity index (χ1v) is 5.77. The molecule has 0 heterocycles. The maximum absolute atomic E-state index is 2.32. The minimum atomic E-state index is 0.704. The maximum atomic E-state index is 2.32. The summed E-state index contributed by atoms with van der Waals surface area (Å²) < 4.78 is 0. The van der Waals surface area contributed by atoms with Crippen molar-refractivity contribution in [1.82, 2.24) is 0 Å². The van der Waals surface area contributed by atoms with Crippen molar-refractivity contribution in [3.05, 3.63) is 53.5 Å². The second kappa shape index (κ2) is 4.52. The first-order chi connectivity index (χ1) is 6.84. The molecule has 0 bridgehead atoms. The third-order valence-corrected chi connectivity index (χ3v) is 3.31. The van der Waals surface area contributed by atoms with Gasteiger partial charge in [-0.25, -0.2) is 0 Å². The van der Waals surface area contributed by atoms with Crippen LogP contribution in [0.1, 0.15) is 13.3 Å². The normalized spacial score (nSPS) is 20.6. The molecule has 1 atom stereocenters. The number of hydrogen-bond donors (Lipinski definition) is 0. The first-order valence-electron chi connectivity index (χ1n) is 4.96. The van der Waals surface area contributed by atoms with E-state index in [1.807, 2.05) is 11.8 Å². The minimum absolute atomic E-state index is 0.704. The van der Waals surface area contributed by atoms with Gasteiger partial charge in [-0.1, -0.05) is 55.1 Å². The molecule has 0 radical (unpaired) electrons. The molecule has 1 aliphatic carbocycles. The van der Waals surface area contributed by atoms with E-state index in [0.29, 0.717) is 5.92 Å². The van der Waals surface area contributed by atoms with Crippen LogP contribution >= 0.6 is 11.8 Å². The van der Waals surface area contributed by atoms with Crippen LogP contribution in [-0.4, -0.2) is 0 Å². The second-order valence-corrected chi connectivity index (χ2v) is 4.74. The summed E-state index contributed by atoms with van der Waals surface area (Å²) in [6, 6.07) is 10.5.